The van der Waals surface area contributed by atoms with E-state index in [1.165, 1.54) is 18.2 Å². The van der Waals surface area contributed by atoms with Crippen molar-refractivity contribution in [3.05, 3.63) is 18.2 Å². The third kappa shape index (κ3) is 3.41. The highest BCUT2D eigenvalue weighted by molar-refractivity contribution is 7.62. The van der Waals surface area contributed by atoms with Crippen molar-refractivity contribution in [3.63, 3.8) is 0 Å². The number of nitrogens with zero attached hydrogens (tertiary/aromatic N) is 3. The topological polar surface area (TPSA) is 106 Å². The number of pyridine rings is 1. The molecule has 0 atom stereocenters. The van der Waals surface area contributed by atoms with Crippen LogP contribution in [0.1, 0.15) is 0 Å². The molecule has 0 amide bonds. The Hall–Kier alpha value is -1.61. The lowest BCUT2D eigenvalue weighted by molar-refractivity contribution is 0.621. The molecule has 0 unspecified atom stereocenters. The van der Waals surface area contributed by atoms with E-state index in [4.69, 9.17) is 0 Å². The first-order valence-electron chi connectivity index (χ1n) is 3.17. The van der Waals surface area contributed by atoms with E-state index >= 15 is 0 Å². The Morgan fingerprint density at radius 3 is 1.71 bits per heavy atom. The Labute approximate surface area is 81.8 Å². The molecule has 0 aliphatic carbocycles. The van der Waals surface area contributed by atoms with E-state index in [0.29, 0.717) is 0 Å². The van der Waals surface area contributed by atoms with Gasteiger partial charge in [0.2, 0.25) is 0 Å². The van der Waals surface area contributed by atoms with Gasteiger partial charge in [-0.3, -0.25) is 0 Å². The molecule has 1 aromatic heterocycles. The summed E-state index contributed by atoms with van der Waals surface area (Å²) in [5, 5.41) is 0. The lowest BCUT2D eigenvalue weighted by Gasteiger charge is -1.89. The van der Waals surface area contributed by atoms with Crippen LogP contribution in [-0.4, -0.2) is 21.8 Å². The molecule has 1 rings (SSSR count). The molecule has 0 bridgehead atoms. The van der Waals surface area contributed by atoms with Gasteiger partial charge in [0, 0.05) is 0 Å². The second-order valence-electron chi connectivity index (χ2n) is 1.97. The Kier molecular flexibility index (Phi) is 3.42. The van der Waals surface area contributed by atoms with Crippen molar-refractivity contribution in [2.75, 3.05) is 0 Å². The average Bonchev–Trinajstić information content (AvgIpc) is 2.01. The third-order valence-electron chi connectivity index (χ3n) is 1.06. The molecule has 0 aliphatic rings. The second-order valence-corrected chi connectivity index (χ2v) is 3.20. The van der Waals surface area contributed by atoms with Gasteiger partial charge < -0.3 is 0 Å². The summed E-state index contributed by atoms with van der Waals surface area (Å²) in [5.41, 5.74) is 0. The van der Waals surface area contributed by atoms with Crippen molar-refractivity contribution in [3.8, 4) is 0 Å². The van der Waals surface area contributed by atoms with Crippen molar-refractivity contribution in [2.24, 2.45) is 8.73 Å². The molecule has 74 valence electrons. The van der Waals surface area contributed by atoms with Gasteiger partial charge in [-0.05, 0) is 12.1 Å². The molecule has 9 heteroatoms. The molecule has 1 heterocycles. The molecule has 14 heavy (non-hydrogen) atoms. The van der Waals surface area contributed by atoms with Crippen molar-refractivity contribution >= 4 is 32.6 Å². The monoisotopic (exact) mass is 233 g/mol. The normalized spacial score (nSPS) is 9.14. The van der Waals surface area contributed by atoms with Gasteiger partial charge in [-0.15, -0.1) is 8.73 Å². The van der Waals surface area contributed by atoms with Crippen LogP contribution < -0.4 is 0 Å². The van der Waals surface area contributed by atoms with E-state index < -0.39 is 21.0 Å². The van der Waals surface area contributed by atoms with Gasteiger partial charge in [-0.1, -0.05) is 6.07 Å². The molecule has 0 N–H and O–H groups in total. The summed E-state index contributed by atoms with van der Waals surface area (Å²) in [6.45, 7) is 0. The minimum absolute atomic E-state index is 0.120. The zero-order valence-corrected chi connectivity index (χ0v) is 8.16. The highest BCUT2D eigenvalue weighted by Crippen LogP contribution is 2.13. The fraction of sp³-hybridized carbons (Fsp3) is 0. The highest BCUT2D eigenvalue weighted by atomic mass is 32.2. The lowest BCUT2D eigenvalue weighted by atomic mass is 10.4. The first-order chi connectivity index (χ1) is 6.58. The van der Waals surface area contributed by atoms with Crippen molar-refractivity contribution in [1.82, 2.24) is 4.98 Å². The van der Waals surface area contributed by atoms with Crippen LogP contribution in [0.25, 0.3) is 0 Å². The van der Waals surface area contributed by atoms with E-state index in [2.05, 4.69) is 13.7 Å². The van der Waals surface area contributed by atoms with Crippen molar-refractivity contribution < 1.29 is 16.8 Å². The molecule has 0 fully saturated rings. The number of rotatable bonds is 2. The van der Waals surface area contributed by atoms with E-state index in [-0.39, 0.29) is 11.6 Å². The summed E-state index contributed by atoms with van der Waals surface area (Å²) >= 11 is 0. The molecule has 0 spiro atoms. The summed E-state index contributed by atoms with van der Waals surface area (Å²) in [4.78, 5) is 3.53. The standard InChI is InChI=1S/C5H3N3O4S2/c9-13(10)7-4-2-1-3-5(6-4)8-14(11)12/h1-3H. The number of aromatic nitrogens is 1. The molecular formula is C5H3N3O4S2. The van der Waals surface area contributed by atoms with Crippen LogP contribution in [0.2, 0.25) is 0 Å². The van der Waals surface area contributed by atoms with Crippen LogP contribution in [0.15, 0.2) is 26.9 Å². The SMILES string of the molecule is O=S(=O)=Nc1cccc(N=S(=O)=O)n1. The number of hydrogen-bond donors (Lipinski definition) is 0. The van der Waals surface area contributed by atoms with Crippen LogP contribution in [0.3, 0.4) is 0 Å². The molecule has 7 nitrogen and oxygen atoms in total. The van der Waals surface area contributed by atoms with E-state index in [1.807, 2.05) is 0 Å². The summed E-state index contributed by atoms with van der Waals surface area (Å²) in [7, 11) is -5.24. The molecular weight excluding hydrogens is 230 g/mol. The Bertz CT molecular complexity index is 534. The van der Waals surface area contributed by atoms with Crippen LogP contribution in [0.5, 0.6) is 0 Å². The predicted octanol–water partition coefficient (Wildman–Crippen LogP) is 0.470. The maximum Gasteiger partial charge on any atom is 0.317 e. The van der Waals surface area contributed by atoms with Gasteiger partial charge in [-0.25, -0.2) is 4.98 Å². The van der Waals surface area contributed by atoms with Crippen LogP contribution >= 0.6 is 0 Å². The second kappa shape index (κ2) is 4.58. The van der Waals surface area contributed by atoms with Gasteiger partial charge in [0.25, 0.3) is 0 Å². The fourth-order valence-corrected chi connectivity index (χ4v) is 1.18. The van der Waals surface area contributed by atoms with Gasteiger partial charge in [0.05, 0.1) is 0 Å². The van der Waals surface area contributed by atoms with Gasteiger partial charge in [0.1, 0.15) is 0 Å². The zero-order valence-electron chi connectivity index (χ0n) is 6.52. The van der Waals surface area contributed by atoms with Gasteiger partial charge >= 0.3 is 21.0 Å². The zero-order chi connectivity index (χ0) is 10.6. The summed E-state index contributed by atoms with van der Waals surface area (Å²) in [6.07, 6.45) is 0. The molecule has 1 aromatic rings. The maximum absolute atomic E-state index is 10.1. The average molecular weight is 233 g/mol. The molecule has 0 aliphatic heterocycles. The molecule has 0 radical (unpaired) electrons. The molecule has 0 saturated heterocycles. The van der Waals surface area contributed by atoms with E-state index in [9.17, 15) is 16.8 Å². The fourth-order valence-electron chi connectivity index (χ4n) is 0.667. The number of hydrogen-bond acceptors (Lipinski definition) is 7. The summed E-state index contributed by atoms with van der Waals surface area (Å²) < 4.78 is 46.7. The Morgan fingerprint density at radius 2 is 1.36 bits per heavy atom. The van der Waals surface area contributed by atoms with Crippen LogP contribution in [-0.2, 0) is 21.0 Å². The van der Waals surface area contributed by atoms with Crippen LogP contribution in [0, 0.1) is 0 Å². The smallest absolute Gasteiger partial charge is 0.207 e. The minimum atomic E-state index is -2.62. The quantitative estimate of drug-likeness (QED) is 0.738. The van der Waals surface area contributed by atoms with E-state index in [1.54, 1.807) is 0 Å². The third-order valence-corrected chi connectivity index (χ3v) is 1.73. The minimum Gasteiger partial charge on any atom is -0.207 e. The first kappa shape index (κ1) is 10.5. The maximum atomic E-state index is 10.1. The first-order valence-corrected chi connectivity index (χ1v) is 5.23. The Balaban J connectivity index is 3.27. The van der Waals surface area contributed by atoms with Crippen LogP contribution in [0.4, 0.5) is 11.6 Å². The summed E-state index contributed by atoms with van der Waals surface area (Å²) in [5.74, 6) is -0.241. The lowest BCUT2D eigenvalue weighted by Crippen LogP contribution is -1.74. The van der Waals surface area contributed by atoms with Crippen molar-refractivity contribution in [1.29, 1.82) is 0 Å². The largest absolute Gasteiger partial charge is 0.317 e. The Morgan fingerprint density at radius 1 is 0.929 bits per heavy atom. The molecule has 0 aromatic carbocycles. The van der Waals surface area contributed by atoms with E-state index in [0.717, 1.165) is 0 Å². The van der Waals surface area contributed by atoms with Gasteiger partial charge in [-0.2, -0.15) is 16.8 Å². The van der Waals surface area contributed by atoms with Gasteiger partial charge in [0.15, 0.2) is 11.6 Å². The highest BCUT2D eigenvalue weighted by Gasteiger charge is 1.94. The summed E-state index contributed by atoms with van der Waals surface area (Å²) in [6, 6.07) is 4.01. The predicted molar refractivity (Wildman–Crippen MR) is 46.3 cm³/mol. The van der Waals surface area contributed by atoms with Crippen molar-refractivity contribution in [2.45, 2.75) is 0 Å². The molecule has 0 saturated carbocycles.